The molecule has 0 unspecified atom stereocenters. The van der Waals surface area contributed by atoms with Gasteiger partial charge in [-0.15, -0.1) is 0 Å². The van der Waals surface area contributed by atoms with Gasteiger partial charge in [-0.2, -0.15) is 0 Å². The summed E-state index contributed by atoms with van der Waals surface area (Å²) in [5.74, 6) is 0.618. The Morgan fingerprint density at radius 2 is 1.75 bits per heavy atom. The number of nitrogens with zero attached hydrogens (tertiary/aromatic N) is 1. The second-order valence-corrected chi connectivity index (χ2v) is 9.83. The van der Waals surface area contributed by atoms with Gasteiger partial charge in [0, 0.05) is 4.47 Å². The Bertz CT molecular complexity index is 1360. The van der Waals surface area contributed by atoms with Gasteiger partial charge in [0.15, 0.2) is 11.5 Å². The Morgan fingerprint density at radius 1 is 0.972 bits per heavy atom. The maximum atomic E-state index is 13.0. The molecule has 1 N–H and O–H groups in total. The number of urea groups is 1. The first-order chi connectivity index (χ1) is 17.2. The summed E-state index contributed by atoms with van der Waals surface area (Å²) in [5, 5.41) is 3.59. The molecule has 1 heterocycles. The fraction of sp³-hybridized carbons (Fsp3) is 0.185. The largest absolute Gasteiger partial charge is 0.490 e. The third-order valence-electron chi connectivity index (χ3n) is 5.43. The van der Waals surface area contributed by atoms with Crippen molar-refractivity contribution in [1.82, 2.24) is 10.2 Å². The fourth-order valence-electron chi connectivity index (χ4n) is 3.70. The first-order valence-corrected chi connectivity index (χ1v) is 12.7. The number of carbonyl (C=O) groups excluding carboxylic acids is 2. The Kier molecular flexibility index (Phi) is 8.24. The zero-order valence-corrected chi connectivity index (χ0v) is 22.7. The molecule has 0 aromatic heterocycles. The standard InChI is InChI=1S/C27H23BrCl2N2O4/c1-3-35-24-12-19(20(28)13-25(24)36-15-18-7-8-21(29)22(30)10-18)11-23-26(33)32(27(34)31-23)14-17-6-4-5-16(2)9-17/h4-13H,3,14-15H2,1-2H3,(H,31,34)/b23-11+. The lowest BCUT2D eigenvalue weighted by Gasteiger charge is -2.14. The van der Waals surface area contributed by atoms with Gasteiger partial charge in [0.2, 0.25) is 0 Å². The molecule has 1 aliphatic rings. The zero-order chi connectivity index (χ0) is 25.8. The molecule has 3 amide bonds. The van der Waals surface area contributed by atoms with Crippen molar-refractivity contribution in [2.24, 2.45) is 0 Å². The monoisotopic (exact) mass is 588 g/mol. The van der Waals surface area contributed by atoms with Gasteiger partial charge in [0.25, 0.3) is 5.91 Å². The molecule has 9 heteroatoms. The predicted octanol–water partition coefficient (Wildman–Crippen LogP) is 7.13. The molecule has 0 spiro atoms. The van der Waals surface area contributed by atoms with Crippen molar-refractivity contribution < 1.29 is 19.1 Å². The smallest absolute Gasteiger partial charge is 0.329 e. The maximum absolute atomic E-state index is 13.0. The second kappa shape index (κ2) is 11.4. The van der Waals surface area contributed by atoms with E-state index in [-0.39, 0.29) is 18.8 Å². The van der Waals surface area contributed by atoms with E-state index in [9.17, 15) is 9.59 Å². The molecule has 3 aromatic carbocycles. The molecule has 186 valence electrons. The molecule has 1 fully saturated rings. The number of carbonyl (C=O) groups is 2. The van der Waals surface area contributed by atoms with Gasteiger partial charge in [-0.05, 0) is 60.9 Å². The number of ether oxygens (including phenoxy) is 2. The van der Waals surface area contributed by atoms with E-state index in [0.717, 1.165) is 16.7 Å². The van der Waals surface area contributed by atoms with Crippen molar-refractivity contribution in [3.63, 3.8) is 0 Å². The van der Waals surface area contributed by atoms with Crippen molar-refractivity contribution in [3.05, 3.63) is 97.1 Å². The number of halogens is 3. The summed E-state index contributed by atoms with van der Waals surface area (Å²) in [6.45, 7) is 4.70. The SMILES string of the molecule is CCOc1cc(/C=C2/NC(=O)N(Cc3cccc(C)c3)C2=O)c(Br)cc1OCc1ccc(Cl)c(Cl)c1. The van der Waals surface area contributed by atoms with Gasteiger partial charge in [0.05, 0.1) is 23.2 Å². The van der Waals surface area contributed by atoms with Crippen molar-refractivity contribution in [3.8, 4) is 11.5 Å². The fourth-order valence-corrected chi connectivity index (χ4v) is 4.45. The average molecular weight is 590 g/mol. The Labute approximate surface area is 227 Å². The summed E-state index contributed by atoms with van der Waals surface area (Å²) in [7, 11) is 0. The molecule has 1 saturated heterocycles. The second-order valence-electron chi connectivity index (χ2n) is 8.16. The molecule has 4 rings (SSSR count). The lowest BCUT2D eigenvalue weighted by molar-refractivity contribution is -0.123. The van der Waals surface area contributed by atoms with Crippen molar-refractivity contribution in [2.45, 2.75) is 27.0 Å². The summed E-state index contributed by atoms with van der Waals surface area (Å²) >= 11 is 15.6. The molecule has 3 aromatic rings. The number of nitrogens with one attached hydrogen (secondary N) is 1. The van der Waals surface area contributed by atoms with Gasteiger partial charge in [0.1, 0.15) is 12.3 Å². The van der Waals surface area contributed by atoms with Crippen LogP contribution in [0, 0.1) is 6.92 Å². The van der Waals surface area contributed by atoms with Crippen LogP contribution in [0.15, 0.2) is 64.8 Å². The minimum atomic E-state index is -0.463. The number of aryl methyl sites for hydroxylation is 1. The number of hydrogen-bond donors (Lipinski definition) is 1. The van der Waals surface area contributed by atoms with E-state index < -0.39 is 11.9 Å². The molecule has 0 aliphatic carbocycles. The van der Waals surface area contributed by atoms with E-state index in [0.29, 0.717) is 38.2 Å². The van der Waals surface area contributed by atoms with Crippen LogP contribution >= 0.6 is 39.1 Å². The van der Waals surface area contributed by atoms with Gasteiger partial charge in [-0.25, -0.2) is 4.79 Å². The van der Waals surface area contributed by atoms with Crippen LogP contribution in [0.25, 0.3) is 6.08 Å². The third kappa shape index (κ3) is 6.03. The van der Waals surface area contributed by atoms with Crippen molar-refractivity contribution >= 4 is 57.1 Å². The summed E-state index contributed by atoms with van der Waals surface area (Å²) in [6.07, 6.45) is 1.62. The van der Waals surface area contributed by atoms with Crippen molar-refractivity contribution in [1.29, 1.82) is 0 Å². The van der Waals surface area contributed by atoms with Crippen LogP contribution < -0.4 is 14.8 Å². The Balaban J connectivity index is 1.55. The Hall–Kier alpha value is -3.00. The predicted molar refractivity (Wildman–Crippen MR) is 144 cm³/mol. The molecular formula is C27H23BrCl2N2O4. The number of benzene rings is 3. The number of hydrogen-bond acceptors (Lipinski definition) is 4. The van der Waals surface area contributed by atoms with E-state index in [1.54, 1.807) is 30.3 Å². The summed E-state index contributed by atoms with van der Waals surface area (Å²) in [5.41, 5.74) is 3.62. The lowest BCUT2D eigenvalue weighted by Crippen LogP contribution is -2.30. The summed E-state index contributed by atoms with van der Waals surface area (Å²) in [6, 6.07) is 16.1. The maximum Gasteiger partial charge on any atom is 0.329 e. The molecular weight excluding hydrogens is 567 g/mol. The third-order valence-corrected chi connectivity index (χ3v) is 6.85. The van der Waals surface area contributed by atoms with Crippen LogP contribution in [0.3, 0.4) is 0 Å². The normalized spacial score (nSPS) is 14.4. The van der Waals surface area contributed by atoms with Crippen molar-refractivity contribution in [2.75, 3.05) is 6.61 Å². The molecule has 0 atom stereocenters. The molecule has 1 aliphatic heterocycles. The van der Waals surface area contributed by atoms with Gasteiger partial charge < -0.3 is 14.8 Å². The summed E-state index contributed by atoms with van der Waals surface area (Å²) < 4.78 is 12.4. The number of amides is 3. The van der Waals surface area contributed by atoms with Gasteiger partial charge in [-0.3, -0.25) is 9.69 Å². The highest BCUT2D eigenvalue weighted by Crippen LogP contribution is 2.36. The highest BCUT2D eigenvalue weighted by molar-refractivity contribution is 9.10. The van der Waals surface area contributed by atoms with Crippen LogP contribution in [0.5, 0.6) is 11.5 Å². The van der Waals surface area contributed by atoms with E-state index in [1.807, 2.05) is 44.2 Å². The highest BCUT2D eigenvalue weighted by Gasteiger charge is 2.33. The van der Waals surface area contributed by atoms with Crippen LogP contribution in [-0.2, 0) is 17.9 Å². The molecule has 0 radical (unpaired) electrons. The number of rotatable bonds is 8. The summed E-state index contributed by atoms with van der Waals surface area (Å²) in [4.78, 5) is 26.7. The topological polar surface area (TPSA) is 67.9 Å². The van der Waals surface area contributed by atoms with E-state index in [2.05, 4.69) is 21.2 Å². The molecule has 6 nitrogen and oxygen atoms in total. The molecule has 36 heavy (non-hydrogen) atoms. The van der Waals surface area contributed by atoms with Crippen LogP contribution in [0.4, 0.5) is 4.79 Å². The van der Waals surface area contributed by atoms with E-state index in [4.69, 9.17) is 32.7 Å². The zero-order valence-electron chi connectivity index (χ0n) is 19.6. The first-order valence-electron chi connectivity index (χ1n) is 11.2. The minimum absolute atomic E-state index is 0.181. The van der Waals surface area contributed by atoms with E-state index >= 15 is 0 Å². The quantitative estimate of drug-likeness (QED) is 0.224. The number of imide groups is 1. The Morgan fingerprint density at radius 3 is 2.47 bits per heavy atom. The molecule has 0 saturated carbocycles. The van der Waals surface area contributed by atoms with Crippen LogP contribution in [0.1, 0.15) is 29.2 Å². The van der Waals surface area contributed by atoms with E-state index in [1.165, 1.54) is 4.90 Å². The minimum Gasteiger partial charge on any atom is -0.490 e. The van der Waals surface area contributed by atoms with Crippen LogP contribution in [-0.4, -0.2) is 23.4 Å². The van der Waals surface area contributed by atoms with Crippen LogP contribution in [0.2, 0.25) is 10.0 Å². The van der Waals surface area contributed by atoms with Gasteiger partial charge in [-0.1, -0.05) is 75.0 Å². The molecule has 0 bridgehead atoms. The lowest BCUT2D eigenvalue weighted by atomic mass is 10.1. The van der Waals surface area contributed by atoms with Gasteiger partial charge >= 0.3 is 6.03 Å². The highest BCUT2D eigenvalue weighted by atomic mass is 79.9. The first kappa shape index (κ1) is 26.1. The average Bonchev–Trinajstić information content (AvgIpc) is 3.09.